The van der Waals surface area contributed by atoms with Crippen molar-refractivity contribution in [3.05, 3.63) is 71.1 Å². The molecule has 9 heteroatoms. The van der Waals surface area contributed by atoms with E-state index in [1.807, 2.05) is 38.1 Å². The maximum Gasteiger partial charge on any atom is 0.254 e. The van der Waals surface area contributed by atoms with Gasteiger partial charge in [-0.3, -0.25) is 9.59 Å². The fourth-order valence-corrected chi connectivity index (χ4v) is 3.84. The molecule has 0 saturated carbocycles. The van der Waals surface area contributed by atoms with E-state index in [4.69, 9.17) is 14.0 Å². The number of carbonyl (C=O) groups is 2. The molecule has 184 valence electrons. The van der Waals surface area contributed by atoms with Gasteiger partial charge in [-0.05, 0) is 62.4 Å². The number of morpholine rings is 1. The lowest BCUT2D eigenvalue weighted by molar-refractivity contribution is -0.116. The monoisotopic (exact) mass is 478 g/mol. The molecule has 1 aliphatic heterocycles. The van der Waals surface area contributed by atoms with E-state index < -0.39 is 0 Å². The number of aryl methyl sites for hydroxylation is 2. The lowest BCUT2D eigenvalue weighted by atomic mass is 10.2. The summed E-state index contributed by atoms with van der Waals surface area (Å²) in [7, 11) is 1.60. The van der Waals surface area contributed by atoms with Gasteiger partial charge in [-0.25, -0.2) is 0 Å². The molecule has 4 rings (SSSR count). The summed E-state index contributed by atoms with van der Waals surface area (Å²) in [5, 5.41) is 6.76. The zero-order valence-electron chi connectivity index (χ0n) is 20.2. The van der Waals surface area contributed by atoms with Crippen LogP contribution in [0.5, 0.6) is 5.75 Å². The van der Waals surface area contributed by atoms with Crippen LogP contribution >= 0.6 is 0 Å². The third-order valence-electron chi connectivity index (χ3n) is 5.92. The Morgan fingerprint density at radius 3 is 2.37 bits per heavy atom. The molecule has 9 nitrogen and oxygen atoms in total. The van der Waals surface area contributed by atoms with Crippen LogP contribution in [0.3, 0.4) is 0 Å². The van der Waals surface area contributed by atoms with Gasteiger partial charge in [0.2, 0.25) is 5.91 Å². The van der Waals surface area contributed by atoms with Gasteiger partial charge in [0.05, 0.1) is 31.0 Å². The molecule has 35 heavy (non-hydrogen) atoms. The Bertz CT molecular complexity index is 1130. The van der Waals surface area contributed by atoms with Crippen LogP contribution in [-0.2, 0) is 16.1 Å². The zero-order chi connectivity index (χ0) is 24.8. The van der Waals surface area contributed by atoms with Crippen molar-refractivity contribution >= 4 is 23.2 Å². The van der Waals surface area contributed by atoms with E-state index in [1.54, 1.807) is 31.3 Å². The van der Waals surface area contributed by atoms with Crippen LogP contribution in [-0.4, -0.2) is 61.8 Å². The Balaban J connectivity index is 1.26. The molecule has 0 unspecified atom stereocenters. The average Bonchev–Trinajstić information content (AvgIpc) is 3.20. The van der Waals surface area contributed by atoms with Crippen molar-refractivity contribution < 1.29 is 23.6 Å². The third kappa shape index (κ3) is 6.19. The van der Waals surface area contributed by atoms with E-state index in [9.17, 15) is 9.59 Å². The first-order valence-corrected chi connectivity index (χ1v) is 11.5. The second kappa shape index (κ2) is 11.1. The molecule has 1 saturated heterocycles. The van der Waals surface area contributed by atoms with Crippen LogP contribution in [0.15, 0.2) is 53.1 Å². The van der Waals surface area contributed by atoms with Gasteiger partial charge in [-0.15, -0.1) is 0 Å². The first-order valence-electron chi connectivity index (χ1n) is 11.5. The van der Waals surface area contributed by atoms with Gasteiger partial charge in [-0.2, -0.15) is 0 Å². The third-order valence-corrected chi connectivity index (χ3v) is 5.92. The fourth-order valence-electron chi connectivity index (χ4n) is 3.84. The number of rotatable bonds is 8. The Labute approximate surface area is 204 Å². The number of likely N-dealkylation sites (N-methyl/N-ethyl adjacent to an activating group) is 1. The van der Waals surface area contributed by atoms with Gasteiger partial charge in [-0.1, -0.05) is 5.16 Å². The molecule has 1 N–H and O–H groups in total. The van der Waals surface area contributed by atoms with Crippen molar-refractivity contribution in [1.82, 2.24) is 10.1 Å². The fraction of sp³-hybridized carbons (Fsp3) is 0.346. The highest BCUT2D eigenvalue weighted by Gasteiger charge is 2.16. The largest absolute Gasteiger partial charge is 0.489 e. The highest BCUT2D eigenvalue weighted by atomic mass is 16.5. The maximum absolute atomic E-state index is 12.8. The van der Waals surface area contributed by atoms with Gasteiger partial charge in [0.1, 0.15) is 18.1 Å². The second-order valence-corrected chi connectivity index (χ2v) is 8.47. The molecule has 0 radical (unpaired) electrons. The van der Waals surface area contributed by atoms with Crippen LogP contribution in [0, 0.1) is 13.8 Å². The Hall–Kier alpha value is -3.85. The maximum atomic E-state index is 12.8. The van der Waals surface area contributed by atoms with Crippen LogP contribution in [0.1, 0.15) is 27.4 Å². The van der Waals surface area contributed by atoms with E-state index in [0.29, 0.717) is 23.6 Å². The highest BCUT2D eigenvalue weighted by Crippen LogP contribution is 2.20. The number of hydrogen-bond donors (Lipinski definition) is 1. The lowest BCUT2D eigenvalue weighted by Gasteiger charge is -2.28. The van der Waals surface area contributed by atoms with Gasteiger partial charge in [0, 0.05) is 37.1 Å². The van der Waals surface area contributed by atoms with Crippen molar-refractivity contribution in [3.63, 3.8) is 0 Å². The summed E-state index contributed by atoms with van der Waals surface area (Å²) in [4.78, 5) is 28.9. The summed E-state index contributed by atoms with van der Waals surface area (Å²) in [5.41, 5.74) is 3.96. The molecular formula is C26H30N4O5. The smallest absolute Gasteiger partial charge is 0.254 e. The van der Waals surface area contributed by atoms with E-state index in [2.05, 4.69) is 15.4 Å². The molecule has 1 fully saturated rings. The number of carbonyl (C=O) groups excluding carboxylic acids is 2. The van der Waals surface area contributed by atoms with Gasteiger partial charge >= 0.3 is 0 Å². The van der Waals surface area contributed by atoms with Gasteiger partial charge in [0.25, 0.3) is 5.91 Å². The van der Waals surface area contributed by atoms with Crippen molar-refractivity contribution in [2.75, 3.05) is 50.1 Å². The van der Waals surface area contributed by atoms with Gasteiger partial charge in [0.15, 0.2) is 0 Å². The summed E-state index contributed by atoms with van der Waals surface area (Å²) in [6.07, 6.45) is 0. The Morgan fingerprint density at radius 2 is 1.74 bits per heavy atom. The molecular weight excluding hydrogens is 448 g/mol. The first-order chi connectivity index (χ1) is 16.9. The predicted molar refractivity (Wildman–Crippen MR) is 132 cm³/mol. The molecule has 0 atom stereocenters. The average molecular weight is 479 g/mol. The number of aromatic nitrogens is 1. The van der Waals surface area contributed by atoms with Crippen LogP contribution in [0.25, 0.3) is 0 Å². The molecule has 2 aromatic carbocycles. The summed E-state index contributed by atoms with van der Waals surface area (Å²) in [6, 6.07) is 14.5. The number of nitrogens with one attached hydrogen (secondary N) is 1. The minimum absolute atomic E-state index is 0.0612. The summed E-state index contributed by atoms with van der Waals surface area (Å²) in [5.74, 6) is 0.837. The number of ether oxygens (including phenoxy) is 2. The highest BCUT2D eigenvalue weighted by molar-refractivity contribution is 5.99. The number of amides is 2. The molecule has 0 spiro atoms. The minimum atomic E-state index is -0.264. The first kappa shape index (κ1) is 24.3. The van der Waals surface area contributed by atoms with Crippen molar-refractivity contribution in [2.24, 2.45) is 0 Å². The molecule has 2 heterocycles. The van der Waals surface area contributed by atoms with E-state index >= 15 is 0 Å². The van der Waals surface area contributed by atoms with Crippen LogP contribution < -0.4 is 15.0 Å². The Kier molecular flexibility index (Phi) is 7.67. The lowest BCUT2D eigenvalue weighted by Crippen LogP contribution is -2.36. The SMILES string of the molecule is Cc1noc(C)c1COc1ccc(C(=O)N(C)CC(=O)Nc2ccc(N3CCOCC3)cc2)cc1. The molecule has 1 aliphatic rings. The van der Waals surface area contributed by atoms with Crippen molar-refractivity contribution in [3.8, 4) is 5.75 Å². The van der Waals surface area contributed by atoms with Crippen LogP contribution in [0.2, 0.25) is 0 Å². The second-order valence-electron chi connectivity index (χ2n) is 8.47. The Morgan fingerprint density at radius 1 is 1.06 bits per heavy atom. The van der Waals surface area contributed by atoms with E-state index in [0.717, 1.165) is 49.0 Å². The molecule has 0 bridgehead atoms. The topological polar surface area (TPSA) is 97.1 Å². The molecule has 1 aromatic heterocycles. The number of anilines is 2. The predicted octanol–water partition coefficient (Wildman–Crippen LogP) is 3.42. The van der Waals surface area contributed by atoms with E-state index in [1.165, 1.54) is 4.90 Å². The molecule has 2 amide bonds. The van der Waals surface area contributed by atoms with Crippen LogP contribution in [0.4, 0.5) is 11.4 Å². The number of hydrogen-bond acceptors (Lipinski definition) is 7. The normalized spacial score (nSPS) is 13.4. The van der Waals surface area contributed by atoms with Gasteiger partial charge < -0.3 is 29.1 Å². The summed E-state index contributed by atoms with van der Waals surface area (Å²) >= 11 is 0. The molecule has 3 aromatic rings. The molecule has 0 aliphatic carbocycles. The van der Waals surface area contributed by atoms with Crippen molar-refractivity contribution in [1.29, 1.82) is 0 Å². The minimum Gasteiger partial charge on any atom is -0.489 e. The number of nitrogens with zero attached hydrogens (tertiary/aromatic N) is 3. The number of benzene rings is 2. The summed E-state index contributed by atoms with van der Waals surface area (Å²) < 4.78 is 16.3. The standard InChI is InChI=1S/C26H30N4O5/c1-18-24(19(2)35-28-18)17-34-23-10-4-20(5-11-23)26(32)29(3)16-25(31)27-21-6-8-22(9-7-21)30-12-14-33-15-13-30/h4-11H,12-17H2,1-3H3,(H,27,31). The van der Waals surface area contributed by atoms with E-state index in [-0.39, 0.29) is 18.4 Å². The zero-order valence-corrected chi connectivity index (χ0v) is 20.2. The quantitative estimate of drug-likeness (QED) is 0.530. The summed E-state index contributed by atoms with van der Waals surface area (Å²) in [6.45, 7) is 7.13. The van der Waals surface area contributed by atoms with Crippen molar-refractivity contribution in [2.45, 2.75) is 20.5 Å².